The van der Waals surface area contributed by atoms with E-state index in [1.165, 1.54) is 18.2 Å². The minimum absolute atomic E-state index is 0.262. The highest BCUT2D eigenvalue weighted by Gasteiger charge is 2.20. The van der Waals surface area contributed by atoms with Crippen molar-refractivity contribution in [2.24, 2.45) is 0 Å². The number of hydrogen-bond donors (Lipinski definition) is 1. The Morgan fingerprint density at radius 3 is 2.85 bits per heavy atom. The SMILES string of the molecule is CCOc1ccccc1-c1nnc(SC(C)C(=O)Nc2cccc(F)c2)o1. The van der Waals surface area contributed by atoms with Crippen LogP contribution in [0.4, 0.5) is 10.1 Å². The number of rotatable bonds is 7. The van der Waals surface area contributed by atoms with Gasteiger partial charge < -0.3 is 14.5 Å². The second-order valence-corrected chi connectivity index (χ2v) is 6.85. The Bertz CT molecular complexity index is 932. The molecule has 27 heavy (non-hydrogen) atoms. The van der Waals surface area contributed by atoms with Gasteiger partial charge in [0.15, 0.2) is 0 Å². The zero-order valence-electron chi connectivity index (χ0n) is 14.8. The van der Waals surface area contributed by atoms with Gasteiger partial charge in [-0.3, -0.25) is 4.79 Å². The molecule has 1 aromatic heterocycles. The number of para-hydroxylation sites is 1. The number of carbonyl (C=O) groups excluding carboxylic acids is 1. The van der Waals surface area contributed by atoms with Crippen LogP contribution in [-0.2, 0) is 4.79 Å². The summed E-state index contributed by atoms with van der Waals surface area (Å²) in [4.78, 5) is 12.3. The molecule has 140 valence electrons. The highest BCUT2D eigenvalue weighted by atomic mass is 32.2. The first-order chi connectivity index (χ1) is 13.1. The van der Waals surface area contributed by atoms with E-state index in [-0.39, 0.29) is 11.1 Å². The Labute approximate surface area is 160 Å². The van der Waals surface area contributed by atoms with Crippen LogP contribution in [0, 0.1) is 5.82 Å². The number of halogens is 1. The van der Waals surface area contributed by atoms with Crippen molar-refractivity contribution in [3.8, 4) is 17.2 Å². The van der Waals surface area contributed by atoms with Gasteiger partial charge in [0.1, 0.15) is 11.6 Å². The van der Waals surface area contributed by atoms with Gasteiger partial charge in [-0.1, -0.05) is 30.0 Å². The summed E-state index contributed by atoms with van der Waals surface area (Å²) in [6.45, 7) is 4.12. The standard InChI is InChI=1S/C19H18FN3O3S/c1-3-25-16-10-5-4-9-15(16)18-22-23-19(26-18)27-12(2)17(24)21-14-8-6-7-13(20)11-14/h4-12H,3H2,1-2H3,(H,21,24). The lowest BCUT2D eigenvalue weighted by Gasteiger charge is -2.09. The first-order valence-corrected chi connectivity index (χ1v) is 9.23. The molecule has 0 fully saturated rings. The predicted molar refractivity (Wildman–Crippen MR) is 101 cm³/mol. The fourth-order valence-corrected chi connectivity index (χ4v) is 2.99. The second kappa shape index (κ2) is 8.68. The number of hydrogen-bond acceptors (Lipinski definition) is 6. The maximum Gasteiger partial charge on any atom is 0.277 e. The van der Waals surface area contributed by atoms with Crippen LogP contribution < -0.4 is 10.1 Å². The molecule has 1 heterocycles. The molecule has 0 radical (unpaired) electrons. The van der Waals surface area contributed by atoms with E-state index < -0.39 is 11.1 Å². The van der Waals surface area contributed by atoms with Crippen LogP contribution in [-0.4, -0.2) is 28.0 Å². The smallest absolute Gasteiger partial charge is 0.277 e. The van der Waals surface area contributed by atoms with Crippen LogP contribution in [0.5, 0.6) is 5.75 Å². The number of carbonyl (C=O) groups is 1. The van der Waals surface area contributed by atoms with Crippen molar-refractivity contribution in [1.82, 2.24) is 10.2 Å². The molecule has 6 nitrogen and oxygen atoms in total. The van der Waals surface area contributed by atoms with Crippen LogP contribution in [0.1, 0.15) is 13.8 Å². The summed E-state index contributed by atoms with van der Waals surface area (Å²) in [7, 11) is 0. The van der Waals surface area contributed by atoms with E-state index in [0.717, 1.165) is 11.8 Å². The number of ether oxygens (including phenoxy) is 1. The summed E-state index contributed by atoms with van der Waals surface area (Å²) in [5, 5.41) is 10.4. The average molecular weight is 387 g/mol. The molecule has 0 aliphatic rings. The monoisotopic (exact) mass is 387 g/mol. The Morgan fingerprint density at radius 1 is 1.26 bits per heavy atom. The van der Waals surface area contributed by atoms with Crippen molar-refractivity contribution >= 4 is 23.4 Å². The number of nitrogens with zero attached hydrogens (tertiary/aromatic N) is 2. The van der Waals surface area contributed by atoms with Gasteiger partial charge in [-0.25, -0.2) is 4.39 Å². The van der Waals surface area contributed by atoms with Crippen molar-refractivity contribution in [3.05, 3.63) is 54.3 Å². The van der Waals surface area contributed by atoms with Gasteiger partial charge in [-0.2, -0.15) is 0 Å². The molecule has 1 N–H and O–H groups in total. The van der Waals surface area contributed by atoms with Crippen LogP contribution in [0.3, 0.4) is 0 Å². The quantitative estimate of drug-likeness (QED) is 0.606. The van der Waals surface area contributed by atoms with Crippen LogP contribution in [0.2, 0.25) is 0 Å². The molecular formula is C19H18FN3O3S. The third-order valence-corrected chi connectivity index (χ3v) is 4.50. The number of anilines is 1. The number of aromatic nitrogens is 2. The number of amides is 1. The Balaban J connectivity index is 1.67. The molecule has 0 aliphatic heterocycles. The highest BCUT2D eigenvalue weighted by Crippen LogP contribution is 2.32. The Kier molecular flexibility index (Phi) is 6.08. The molecule has 3 rings (SSSR count). The number of thioether (sulfide) groups is 1. The molecule has 0 spiro atoms. The maximum atomic E-state index is 13.2. The topological polar surface area (TPSA) is 77.2 Å². The molecule has 2 aromatic carbocycles. The fraction of sp³-hybridized carbons (Fsp3) is 0.211. The molecule has 3 aromatic rings. The number of nitrogens with one attached hydrogen (secondary N) is 1. The van der Waals surface area contributed by atoms with Crippen molar-refractivity contribution in [2.75, 3.05) is 11.9 Å². The zero-order valence-corrected chi connectivity index (χ0v) is 15.6. The van der Waals surface area contributed by atoms with Gasteiger partial charge in [0, 0.05) is 5.69 Å². The first kappa shape index (κ1) is 18.9. The van der Waals surface area contributed by atoms with E-state index in [9.17, 15) is 9.18 Å². The van der Waals surface area contributed by atoms with Crippen molar-refractivity contribution in [3.63, 3.8) is 0 Å². The first-order valence-electron chi connectivity index (χ1n) is 8.35. The minimum atomic E-state index is -0.510. The lowest BCUT2D eigenvalue weighted by molar-refractivity contribution is -0.115. The normalized spacial score (nSPS) is 11.8. The highest BCUT2D eigenvalue weighted by molar-refractivity contribution is 8.00. The Hall–Kier alpha value is -2.87. The van der Waals surface area contributed by atoms with E-state index >= 15 is 0 Å². The minimum Gasteiger partial charge on any atom is -0.493 e. The van der Waals surface area contributed by atoms with Gasteiger partial charge >= 0.3 is 0 Å². The van der Waals surface area contributed by atoms with Gasteiger partial charge in [0.25, 0.3) is 11.1 Å². The summed E-state index contributed by atoms with van der Waals surface area (Å²) in [6, 6.07) is 13.1. The average Bonchev–Trinajstić information content (AvgIpc) is 3.10. The van der Waals surface area contributed by atoms with Crippen molar-refractivity contribution in [2.45, 2.75) is 24.3 Å². The Morgan fingerprint density at radius 2 is 2.07 bits per heavy atom. The summed E-state index contributed by atoms with van der Waals surface area (Å²) in [5.41, 5.74) is 1.08. The van der Waals surface area contributed by atoms with Crippen molar-refractivity contribution < 1.29 is 18.3 Å². The van der Waals surface area contributed by atoms with E-state index in [2.05, 4.69) is 15.5 Å². The van der Waals surface area contributed by atoms with E-state index in [1.54, 1.807) is 13.0 Å². The van der Waals surface area contributed by atoms with Gasteiger partial charge in [-0.15, -0.1) is 10.2 Å². The molecule has 8 heteroatoms. The molecular weight excluding hydrogens is 369 g/mol. The maximum absolute atomic E-state index is 13.2. The molecule has 0 saturated carbocycles. The summed E-state index contributed by atoms with van der Waals surface area (Å²) in [5.74, 6) is 0.263. The summed E-state index contributed by atoms with van der Waals surface area (Å²) < 4.78 is 24.5. The van der Waals surface area contributed by atoms with E-state index in [0.29, 0.717) is 29.5 Å². The zero-order chi connectivity index (χ0) is 19.2. The van der Waals surface area contributed by atoms with E-state index in [4.69, 9.17) is 9.15 Å². The molecule has 1 amide bonds. The largest absolute Gasteiger partial charge is 0.493 e. The molecule has 1 atom stereocenters. The summed E-state index contributed by atoms with van der Waals surface area (Å²) in [6.07, 6.45) is 0. The van der Waals surface area contributed by atoms with Gasteiger partial charge in [0.05, 0.1) is 17.4 Å². The predicted octanol–water partition coefficient (Wildman–Crippen LogP) is 4.39. The lowest BCUT2D eigenvalue weighted by atomic mass is 10.2. The van der Waals surface area contributed by atoms with Crippen LogP contribution in [0.25, 0.3) is 11.5 Å². The van der Waals surface area contributed by atoms with Gasteiger partial charge in [0.2, 0.25) is 5.91 Å². The van der Waals surface area contributed by atoms with Gasteiger partial charge in [-0.05, 0) is 44.2 Å². The molecule has 0 aliphatic carbocycles. The third-order valence-electron chi connectivity index (χ3n) is 3.56. The second-order valence-electron chi connectivity index (χ2n) is 5.56. The third kappa shape index (κ3) is 4.85. The summed E-state index contributed by atoms with van der Waals surface area (Å²) >= 11 is 1.12. The lowest BCUT2D eigenvalue weighted by Crippen LogP contribution is -2.22. The number of benzene rings is 2. The van der Waals surface area contributed by atoms with E-state index in [1.807, 2.05) is 31.2 Å². The van der Waals surface area contributed by atoms with Crippen LogP contribution >= 0.6 is 11.8 Å². The molecule has 0 bridgehead atoms. The molecule has 0 saturated heterocycles. The van der Waals surface area contributed by atoms with Crippen LogP contribution in [0.15, 0.2) is 58.2 Å². The van der Waals surface area contributed by atoms with Crippen molar-refractivity contribution in [1.29, 1.82) is 0 Å². The fourth-order valence-electron chi connectivity index (χ4n) is 2.31. The molecule has 1 unspecified atom stereocenters.